The van der Waals surface area contributed by atoms with Gasteiger partial charge in [0, 0.05) is 25.2 Å². The topological polar surface area (TPSA) is 58.6 Å². The van der Waals surface area contributed by atoms with E-state index < -0.39 is 21.9 Å². The van der Waals surface area contributed by atoms with Gasteiger partial charge in [-0.05, 0) is 24.3 Å². The number of halogens is 2. The molecule has 0 spiro atoms. The summed E-state index contributed by atoms with van der Waals surface area (Å²) in [4.78, 5) is -0.0997. The lowest BCUT2D eigenvalue weighted by Gasteiger charge is -2.36. The van der Waals surface area contributed by atoms with Gasteiger partial charge in [-0.2, -0.15) is 4.31 Å². The van der Waals surface area contributed by atoms with Gasteiger partial charge in [0.2, 0.25) is 10.0 Å². The summed E-state index contributed by atoms with van der Waals surface area (Å²) in [6.07, 6.45) is 0. The molecule has 5 nitrogen and oxygen atoms in total. The van der Waals surface area contributed by atoms with Crippen molar-refractivity contribution in [3.63, 3.8) is 0 Å². The summed E-state index contributed by atoms with van der Waals surface area (Å²) in [6, 6.07) is 10.2. The number of methoxy groups -OCH3 is 1. The molecule has 134 valence electrons. The number of sulfonamides is 1. The Labute approximate surface area is 151 Å². The van der Waals surface area contributed by atoms with Crippen LogP contribution in [0.1, 0.15) is 11.6 Å². The molecule has 1 heterocycles. The summed E-state index contributed by atoms with van der Waals surface area (Å²) in [6.45, 7) is 1.24. The number of nitrogens with one attached hydrogen (secondary N) is 1. The Kier molecular flexibility index (Phi) is 5.29. The van der Waals surface area contributed by atoms with Crippen LogP contribution in [0.2, 0.25) is 5.02 Å². The van der Waals surface area contributed by atoms with E-state index in [0.717, 1.165) is 17.7 Å². The highest BCUT2D eigenvalue weighted by molar-refractivity contribution is 7.89. The van der Waals surface area contributed by atoms with Gasteiger partial charge in [0.1, 0.15) is 16.5 Å². The first-order valence-corrected chi connectivity index (χ1v) is 9.57. The third-order valence-corrected chi connectivity index (χ3v) is 6.56. The number of nitrogens with zero attached hydrogens (tertiary/aromatic N) is 1. The van der Waals surface area contributed by atoms with E-state index in [0.29, 0.717) is 18.8 Å². The van der Waals surface area contributed by atoms with Crippen molar-refractivity contribution in [1.29, 1.82) is 0 Å². The molecule has 1 N–H and O–H groups in total. The quantitative estimate of drug-likeness (QED) is 0.880. The second kappa shape index (κ2) is 7.29. The maximum atomic E-state index is 13.3. The van der Waals surface area contributed by atoms with Crippen LogP contribution in [0.4, 0.5) is 4.39 Å². The molecular formula is C17H18ClFN2O3S. The number of hydrogen-bond acceptors (Lipinski definition) is 4. The summed E-state index contributed by atoms with van der Waals surface area (Å²) in [5.41, 5.74) is 0.763. The first kappa shape index (κ1) is 18.1. The van der Waals surface area contributed by atoms with Crippen molar-refractivity contribution in [2.24, 2.45) is 0 Å². The molecule has 1 aliphatic heterocycles. The largest absolute Gasteiger partial charge is 0.496 e. The van der Waals surface area contributed by atoms with Crippen LogP contribution in [0.15, 0.2) is 47.4 Å². The van der Waals surface area contributed by atoms with Crippen LogP contribution in [0.25, 0.3) is 0 Å². The van der Waals surface area contributed by atoms with Crippen molar-refractivity contribution in [2.45, 2.75) is 10.9 Å². The van der Waals surface area contributed by atoms with E-state index in [2.05, 4.69) is 5.32 Å². The van der Waals surface area contributed by atoms with Crippen LogP contribution < -0.4 is 10.1 Å². The summed E-state index contributed by atoms with van der Waals surface area (Å²) in [5, 5.41) is 3.08. The highest BCUT2D eigenvalue weighted by atomic mass is 35.5. The number of ether oxygens (including phenoxy) is 1. The Balaban J connectivity index is 2.06. The van der Waals surface area contributed by atoms with E-state index in [9.17, 15) is 12.8 Å². The zero-order valence-corrected chi connectivity index (χ0v) is 15.1. The van der Waals surface area contributed by atoms with Gasteiger partial charge in [-0.3, -0.25) is 0 Å². The molecule has 0 radical (unpaired) electrons. The van der Waals surface area contributed by atoms with Crippen molar-refractivity contribution >= 4 is 21.6 Å². The molecule has 0 aromatic heterocycles. The highest BCUT2D eigenvalue weighted by Crippen LogP contribution is 2.35. The molecule has 1 aliphatic rings. The molecule has 3 rings (SSSR count). The molecule has 0 bridgehead atoms. The van der Waals surface area contributed by atoms with Crippen molar-refractivity contribution in [3.05, 3.63) is 58.9 Å². The van der Waals surface area contributed by atoms with E-state index in [1.165, 1.54) is 10.4 Å². The van der Waals surface area contributed by atoms with Crippen LogP contribution in [0.5, 0.6) is 5.75 Å². The fourth-order valence-electron chi connectivity index (χ4n) is 2.99. The number of para-hydroxylation sites is 1. The normalized spacial score (nSPS) is 18.9. The molecule has 2 aromatic rings. The van der Waals surface area contributed by atoms with Crippen LogP contribution in [-0.2, 0) is 10.0 Å². The van der Waals surface area contributed by atoms with E-state index in [4.69, 9.17) is 16.3 Å². The lowest BCUT2D eigenvalue weighted by Crippen LogP contribution is -2.48. The first-order valence-electron chi connectivity index (χ1n) is 7.75. The molecule has 2 aromatic carbocycles. The third-order valence-electron chi connectivity index (χ3n) is 4.17. The summed E-state index contributed by atoms with van der Waals surface area (Å²) in [7, 11) is -2.35. The fourth-order valence-corrected chi connectivity index (χ4v) is 5.10. The average molecular weight is 385 g/mol. The zero-order valence-electron chi connectivity index (χ0n) is 13.6. The zero-order chi connectivity index (χ0) is 18.0. The summed E-state index contributed by atoms with van der Waals surface area (Å²) >= 11 is 6.00. The monoisotopic (exact) mass is 384 g/mol. The standard InChI is InChI=1S/C17H18ClFN2O3S/c1-24-16-5-3-2-4-13(16)15-11-20-8-9-21(15)25(22,23)17-7-6-12(19)10-14(17)18/h2-7,10,15,20H,8-9,11H2,1H3. The molecule has 25 heavy (non-hydrogen) atoms. The van der Waals surface area contributed by atoms with Crippen LogP contribution >= 0.6 is 11.6 Å². The van der Waals surface area contributed by atoms with E-state index >= 15 is 0 Å². The van der Waals surface area contributed by atoms with Gasteiger partial charge in [-0.1, -0.05) is 29.8 Å². The lowest BCUT2D eigenvalue weighted by molar-refractivity contribution is 0.264. The van der Waals surface area contributed by atoms with E-state index in [1.807, 2.05) is 18.2 Å². The molecule has 0 saturated carbocycles. The minimum absolute atomic E-state index is 0.0997. The molecule has 0 aliphatic carbocycles. The van der Waals surface area contributed by atoms with E-state index in [1.54, 1.807) is 13.2 Å². The molecule has 1 unspecified atom stereocenters. The summed E-state index contributed by atoms with van der Waals surface area (Å²) in [5.74, 6) is 0.0344. The van der Waals surface area contributed by atoms with Crippen LogP contribution in [-0.4, -0.2) is 39.5 Å². The maximum absolute atomic E-state index is 13.3. The van der Waals surface area contributed by atoms with Crippen molar-refractivity contribution in [3.8, 4) is 5.75 Å². The fraction of sp³-hybridized carbons (Fsp3) is 0.294. The summed E-state index contributed by atoms with van der Waals surface area (Å²) < 4.78 is 46.4. The van der Waals surface area contributed by atoms with E-state index in [-0.39, 0.29) is 16.5 Å². The predicted octanol–water partition coefficient (Wildman–Crippen LogP) is 2.82. The Morgan fingerprint density at radius 3 is 2.76 bits per heavy atom. The van der Waals surface area contributed by atoms with Gasteiger partial charge in [0.25, 0.3) is 0 Å². The molecular weight excluding hydrogens is 367 g/mol. The van der Waals surface area contributed by atoms with Crippen molar-refractivity contribution in [1.82, 2.24) is 9.62 Å². The number of rotatable bonds is 4. The first-order chi connectivity index (χ1) is 11.9. The second-order valence-corrected chi connectivity index (χ2v) is 7.92. The maximum Gasteiger partial charge on any atom is 0.245 e. The van der Waals surface area contributed by atoms with Gasteiger partial charge >= 0.3 is 0 Å². The highest BCUT2D eigenvalue weighted by Gasteiger charge is 2.36. The van der Waals surface area contributed by atoms with Crippen molar-refractivity contribution < 1.29 is 17.5 Å². The van der Waals surface area contributed by atoms with Gasteiger partial charge in [-0.25, -0.2) is 12.8 Å². The Morgan fingerprint density at radius 1 is 1.28 bits per heavy atom. The minimum atomic E-state index is -3.89. The SMILES string of the molecule is COc1ccccc1C1CNCCN1S(=O)(=O)c1ccc(F)cc1Cl. The van der Waals surface area contributed by atoms with Gasteiger partial charge < -0.3 is 10.1 Å². The van der Waals surface area contributed by atoms with Gasteiger partial charge in [-0.15, -0.1) is 0 Å². The van der Waals surface area contributed by atoms with Crippen LogP contribution in [0.3, 0.4) is 0 Å². The third kappa shape index (κ3) is 3.50. The predicted molar refractivity (Wildman–Crippen MR) is 93.9 cm³/mol. The molecule has 1 fully saturated rings. The smallest absolute Gasteiger partial charge is 0.245 e. The Bertz CT molecular complexity index is 876. The lowest BCUT2D eigenvalue weighted by atomic mass is 10.0. The molecule has 1 atom stereocenters. The number of hydrogen-bond donors (Lipinski definition) is 1. The molecule has 0 amide bonds. The number of piperazine rings is 1. The van der Waals surface area contributed by atoms with Gasteiger partial charge in [0.05, 0.1) is 18.2 Å². The Morgan fingerprint density at radius 2 is 2.04 bits per heavy atom. The van der Waals surface area contributed by atoms with Gasteiger partial charge in [0.15, 0.2) is 0 Å². The minimum Gasteiger partial charge on any atom is -0.496 e. The molecule has 8 heteroatoms. The molecule has 1 saturated heterocycles. The average Bonchev–Trinajstić information content (AvgIpc) is 2.61. The Hall–Kier alpha value is -1.67. The number of benzene rings is 2. The van der Waals surface area contributed by atoms with Crippen molar-refractivity contribution in [2.75, 3.05) is 26.7 Å². The second-order valence-electron chi connectivity index (χ2n) is 5.65. The van der Waals surface area contributed by atoms with Crippen LogP contribution in [0, 0.1) is 5.82 Å².